The topological polar surface area (TPSA) is 49.3 Å². The van der Waals surface area contributed by atoms with E-state index in [1.165, 1.54) is 0 Å². The van der Waals surface area contributed by atoms with Crippen LogP contribution in [-0.4, -0.2) is 23.7 Å². The number of hydrogen-bond acceptors (Lipinski definition) is 2. The van der Waals surface area contributed by atoms with E-state index in [4.69, 9.17) is 5.11 Å². The number of hydrogen-bond donors (Lipinski definition) is 2. The normalized spacial score (nSPS) is 12.2. The second-order valence-electron chi connectivity index (χ2n) is 3.87. The van der Waals surface area contributed by atoms with Crippen molar-refractivity contribution in [3.05, 3.63) is 31.8 Å². The molecular weight excluding hydrogens is 397 g/mol. The van der Waals surface area contributed by atoms with E-state index >= 15 is 0 Å². The Hall–Kier alpha value is -0.140. The summed E-state index contributed by atoms with van der Waals surface area (Å²) in [6, 6.07) is 5.62. The van der Waals surface area contributed by atoms with Gasteiger partial charge in [-0.1, -0.05) is 15.9 Å². The summed E-state index contributed by atoms with van der Waals surface area (Å²) >= 11 is 5.49. The average Bonchev–Trinajstić information content (AvgIpc) is 2.27. The lowest BCUT2D eigenvalue weighted by molar-refractivity contribution is 0.0948. The maximum Gasteiger partial charge on any atom is 0.252 e. The van der Waals surface area contributed by atoms with Gasteiger partial charge in [0.25, 0.3) is 5.91 Å². The van der Waals surface area contributed by atoms with Crippen LogP contribution in [0.25, 0.3) is 0 Å². The van der Waals surface area contributed by atoms with Crippen molar-refractivity contribution in [1.29, 1.82) is 0 Å². The molecular formula is C12H15BrINO2. The van der Waals surface area contributed by atoms with Crippen LogP contribution in [0.3, 0.4) is 0 Å². The molecule has 1 atom stereocenters. The van der Waals surface area contributed by atoms with Crippen molar-refractivity contribution in [3.8, 4) is 0 Å². The summed E-state index contributed by atoms with van der Waals surface area (Å²) in [5.74, 6) is -0.0682. The lowest BCUT2D eigenvalue weighted by Gasteiger charge is -2.08. The minimum atomic E-state index is -0.307. The second-order valence-corrected chi connectivity index (χ2v) is 5.95. The Morgan fingerprint density at radius 1 is 1.59 bits per heavy atom. The maximum absolute atomic E-state index is 11.9. The van der Waals surface area contributed by atoms with Gasteiger partial charge in [0.1, 0.15) is 0 Å². The van der Waals surface area contributed by atoms with E-state index in [0.717, 1.165) is 14.5 Å². The first-order valence-electron chi connectivity index (χ1n) is 5.42. The Balaban J connectivity index is 2.49. The molecule has 0 aromatic heterocycles. The zero-order valence-corrected chi connectivity index (χ0v) is 13.3. The van der Waals surface area contributed by atoms with Crippen molar-refractivity contribution in [2.24, 2.45) is 0 Å². The summed E-state index contributed by atoms with van der Waals surface area (Å²) in [5, 5.41) is 11.9. The van der Waals surface area contributed by atoms with E-state index in [1.807, 2.05) is 18.2 Å². The smallest absolute Gasteiger partial charge is 0.252 e. The highest BCUT2D eigenvalue weighted by Gasteiger charge is 2.09. The van der Waals surface area contributed by atoms with Crippen molar-refractivity contribution in [2.45, 2.75) is 25.9 Å². The number of rotatable bonds is 5. The first-order chi connectivity index (χ1) is 8.00. The van der Waals surface area contributed by atoms with Crippen molar-refractivity contribution < 1.29 is 9.90 Å². The molecule has 0 aliphatic heterocycles. The van der Waals surface area contributed by atoms with Crippen molar-refractivity contribution in [1.82, 2.24) is 5.32 Å². The fourth-order valence-electron chi connectivity index (χ4n) is 1.37. The summed E-state index contributed by atoms with van der Waals surface area (Å²) in [7, 11) is 0. The van der Waals surface area contributed by atoms with Gasteiger partial charge in [-0.05, 0) is 60.6 Å². The molecule has 0 saturated carbocycles. The molecule has 94 valence electrons. The summed E-state index contributed by atoms with van der Waals surface area (Å²) in [4.78, 5) is 11.9. The van der Waals surface area contributed by atoms with Gasteiger partial charge in [-0.25, -0.2) is 0 Å². The third-order valence-corrected chi connectivity index (χ3v) is 3.69. The van der Waals surface area contributed by atoms with Crippen LogP contribution in [0, 0.1) is 3.57 Å². The minimum absolute atomic E-state index is 0.0682. The molecule has 1 rings (SSSR count). The van der Waals surface area contributed by atoms with Crippen molar-refractivity contribution in [2.75, 3.05) is 6.54 Å². The highest BCUT2D eigenvalue weighted by Crippen LogP contribution is 2.18. The van der Waals surface area contributed by atoms with Gasteiger partial charge in [-0.15, -0.1) is 0 Å². The highest BCUT2D eigenvalue weighted by atomic mass is 127. The first-order valence-corrected chi connectivity index (χ1v) is 7.29. The molecule has 3 nitrogen and oxygen atoms in total. The van der Waals surface area contributed by atoms with E-state index in [0.29, 0.717) is 18.5 Å². The molecule has 0 aliphatic carbocycles. The number of carbonyl (C=O) groups excluding carboxylic acids is 1. The Morgan fingerprint density at radius 2 is 2.29 bits per heavy atom. The monoisotopic (exact) mass is 411 g/mol. The van der Waals surface area contributed by atoms with Gasteiger partial charge in [0.15, 0.2) is 0 Å². The average molecular weight is 412 g/mol. The predicted molar refractivity (Wildman–Crippen MR) is 80.1 cm³/mol. The van der Waals surface area contributed by atoms with E-state index in [2.05, 4.69) is 43.8 Å². The zero-order valence-electron chi connectivity index (χ0n) is 9.54. The van der Waals surface area contributed by atoms with Crippen LogP contribution in [0.5, 0.6) is 0 Å². The largest absolute Gasteiger partial charge is 0.393 e. The van der Waals surface area contributed by atoms with Crippen LogP contribution in [0.15, 0.2) is 22.7 Å². The number of aliphatic hydroxyl groups is 1. The SMILES string of the molecule is CC(O)CCCNC(=O)c1cc(Br)ccc1I. The molecule has 2 N–H and O–H groups in total. The van der Waals surface area contributed by atoms with Crippen LogP contribution >= 0.6 is 38.5 Å². The summed E-state index contributed by atoms with van der Waals surface area (Å²) in [6.45, 7) is 2.34. The predicted octanol–water partition coefficient (Wildman–Crippen LogP) is 2.94. The Labute approximate surface area is 123 Å². The van der Waals surface area contributed by atoms with E-state index in [1.54, 1.807) is 6.92 Å². The number of amides is 1. The summed E-state index contributed by atoms with van der Waals surface area (Å²) in [5.41, 5.74) is 0.678. The molecule has 17 heavy (non-hydrogen) atoms. The van der Waals surface area contributed by atoms with Gasteiger partial charge in [-0.3, -0.25) is 4.79 Å². The van der Waals surface area contributed by atoms with Crippen molar-refractivity contribution >= 4 is 44.4 Å². The van der Waals surface area contributed by atoms with Gasteiger partial charge in [0, 0.05) is 14.6 Å². The summed E-state index contributed by atoms with van der Waals surface area (Å²) in [6.07, 6.45) is 1.18. The van der Waals surface area contributed by atoms with Gasteiger partial charge in [0.2, 0.25) is 0 Å². The molecule has 0 radical (unpaired) electrons. The molecule has 0 bridgehead atoms. The first kappa shape index (κ1) is 14.9. The molecule has 0 heterocycles. The molecule has 0 fully saturated rings. The Bertz CT molecular complexity index is 396. The molecule has 1 aromatic carbocycles. The zero-order chi connectivity index (χ0) is 12.8. The van der Waals surface area contributed by atoms with Gasteiger partial charge < -0.3 is 10.4 Å². The minimum Gasteiger partial charge on any atom is -0.393 e. The number of halogens is 2. The Morgan fingerprint density at radius 3 is 2.94 bits per heavy atom. The standard InChI is InChI=1S/C12H15BrINO2/c1-8(16)3-2-6-15-12(17)10-7-9(13)4-5-11(10)14/h4-5,7-8,16H,2-3,6H2,1H3,(H,15,17). The molecule has 0 saturated heterocycles. The van der Waals surface area contributed by atoms with E-state index in [9.17, 15) is 4.79 Å². The summed E-state index contributed by atoms with van der Waals surface area (Å²) < 4.78 is 1.82. The molecule has 1 unspecified atom stereocenters. The molecule has 1 amide bonds. The van der Waals surface area contributed by atoms with Gasteiger partial charge in [-0.2, -0.15) is 0 Å². The number of carbonyl (C=O) groups is 1. The van der Waals surface area contributed by atoms with Gasteiger partial charge in [0.05, 0.1) is 11.7 Å². The molecule has 0 spiro atoms. The van der Waals surface area contributed by atoms with Gasteiger partial charge >= 0.3 is 0 Å². The van der Waals surface area contributed by atoms with Crippen LogP contribution in [-0.2, 0) is 0 Å². The third-order valence-electron chi connectivity index (χ3n) is 2.26. The molecule has 0 aliphatic rings. The quantitative estimate of drug-likeness (QED) is 0.578. The number of nitrogens with one attached hydrogen (secondary N) is 1. The molecule has 5 heteroatoms. The highest BCUT2D eigenvalue weighted by molar-refractivity contribution is 14.1. The van der Waals surface area contributed by atoms with Crippen LogP contribution in [0.2, 0.25) is 0 Å². The lowest BCUT2D eigenvalue weighted by atomic mass is 10.2. The van der Waals surface area contributed by atoms with E-state index in [-0.39, 0.29) is 12.0 Å². The van der Waals surface area contributed by atoms with Crippen LogP contribution in [0.4, 0.5) is 0 Å². The number of aliphatic hydroxyl groups excluding tert-OH is 1. The van der Waals surface area contributed by atoms with E-state index < -0.39 is 0 Å². The fraction of sp³-hybridized carbons (Fsp3) is 0.417. The number of benzene rings is 1. The fourth-order valence-corrected chi connectivity index (χ4v) is 2.31. The second kappa shape index (κ2) is 7.33. The maximum atomic E-state index is 11.9. The third kappa shape index (κ3) is 5.35. The molecule has 1 aromatic rings. The van der Waals surface area contributed by atoms with Crippen LogP contribution < -0.4 is 5.32 Å². The lowest BCUT2D eigenvalue weighted by Crippen LogP contribution is -2.25. The van der Waals surface area contributed by atoms with Crippen LogP contribution in [0.1, 0.15) is 30.1 Å². The van der Waals surface area contributed by atoms with Crippen molar-refractivity contribution in [3.63, 3.8) is 0 Å². The Kier molecular flexibility index (Phi) is 6.43.